The van der Waals surface area contributed by atoms with Crippen LogP contribution < -0.4 is 24.3 Å². The van der Waals surface area contributed by atoms with Gasteiger partial charge in [-0.1, -0.05) is 0 Å². The van der Waals surface area contributed by atoms with Crippen molar-refractivity contribution < 1.29 is 32.2 Å². The number of benzene rings is 2. The first-order valence-corrected chi connectivity index (χ1v) is 11.5. The SMILES string of the molecule is COc1ccc(OC)c(NC(=O)C2CCN(S(=O)(=O)c3ccc(OC)c(OC)c3)CC2)c1. The predicted molar refractivity (Wildman–Crippen MR) is 119 cm³/mol. The highest BCUT2D eigenvalue weighted by Crippen LogP contribution is 2.33. The molecule has 0 aliphatic carbocycles. The lowest BCUT2D eigenvalue weighted by molar-refractivity contribution is -0.120. The molecule has 1 aliphatic heterocycles. The lowest BCUT2D eigenvalue weighted by atomic mass is 9.97. The Morgan fingerprint density at radius 3 is 2.09 bits per heavy atom. The van der Waals surface area contributed by atoms with Crippen molar-refractivity contribution >= 4 is 21.6 Å². The molecule has 174 valence electrons. The largest absolute Gasteiger partial charge is 0.497 e. The van der Waals surface area contributed by atoms with Gasteiger partial charge in [0.2, 0.25) is 15.9 Å². The Kier molecular flexibility index (Phi) is 7.47. The van der Waals surface area contributed by atoms with Gasteiger partial charge in [-0.05, 0) is 37.1 Å². The van der Waals surface area contributed by atoms with Gasteiger partial charge >= 0.3 is 0 Å². The van der Waals surface area contributed by atoms with E-state index in [1.165, 1.54) is 37.8 Å². The highest BCUT2D eigenvalue weighted by atomic mass is 32.2. The Bertz CT molecular complexity index is 1060. The second-order valence-electron chi connectivity index (χ2n) is 7.25. The summed E-state index contributed by atoms with van der Waals surface area (Å²) < 4.78 is 48.4. The van der Waals surface area contributed by atoms with Crippen LogP contribution >= 0.6 is 0 Å². The molecule has 0 spiro atoms. The van der Waals surface area contributed by atoms with E-state index in [9.17, 15) is 13.2 Å². The number of carbonyl (C=O) groups is 1. The predicted octanol–water partition coefficient (Wildman–Crippen LogP) is 2.76. The fourth-order valence-corrected chi connectivity index (χ4v) is 5.12. The quantitative estimate of drug-likeness (QED) is 0.641. The molecule has 0 unspecified atom stereocenters. The van der Waals surface area contributed by atoms with Crippen molar-refractivity contribution in [2.45, 2.75) is 17.7 Å². The summed E-state index contributed by atoms with van der Waals surface area (Å²) in [7, 11) is 2.29. The zero-order valence-electron chi connectivity index (χ0n) is 18.6. The molecule has 0 saturated carbocycles. The van der Waals surface area contributed by atoms with Gasteiger partial charge in [-0.15, -0.1) is 0 Å². The molecular formula is C22H28N2O7S. The third kappa shape index (κ3) is 4.91. The smallest absolute Gasteiger partial charge is 0.243 e. The highest BCUT2D eigenvalue weighted by Gasteiger charge is 2.33. The minimum Gasteiger partial charge on any atom is -0.497 e. The monoisotopic (exact) mass is 464 g/mol. The van der Waals surface area contributed by atoms with Crippen LogP contribution in [0.25, 0.3) is 0 Å². The van der Waals surface area contributed by atoms with Gasteiger partial charge in [-0.3, -0.25) is 4.79 Å². The summed E-state index contributed by atoms with van der Waals surface area (Å²) >= 11 is 0. The van der Waals surface area contributed by atoms with Crippen molar-refractivity contribution in [2.24, 2.45) is 5.92 Å². The number of methoxy groups -OCH3 is 4. The Morgan fingerprint density at radius 1 is 0.875 bits per heavy atom. The highest BCUT2D eigenvalue weighted by molar-refractivity contribution is 7.89. The molecule has 0 atom stereocenters. The van der Waals surface area contributed by atoms with E-state index in [4.69, 9.17) is 18.9 Å². The van der Waals surface area contributed by atoms with Crippen molar-refractivity contribution in [1.82, 2.24) is 4.31 Å². The number of piperidine rings is 1. The molecule has 1 N–H and O–H groups in total. The molecule has 0 bridgehead atoms. The first-order valence-electron chi connectivity index (χ1n) is 10.1. The van der Waals surface area contributed by atoms with E-state index >= 15 is 0 Å². The maximum Gasteiger partial charge on any atom is 0.243 e. The van der Waals surface area contributed by atoms with Crippen LogP contribution in [0.15, 0.2) is 41.3 Å². The van der Waals surface area contributed by atoms with Crippen molar-refractivity contribution in [3.8, 4) is 23.0 Å². The normalized spacial score (nSPS) is 15.1. The fraction of sp³-hybridized carbons (Fsp3) is 0.409. The molecule has 1 saturated heterocycles. The molecule has 1 heterocycles. The van der Waals surface area contributed by atoms with E-state index < -0.39 is 10.0 Å². The molecule has 2 aromatic rings. The van der Waals surface area contributed by atoms with E-state index in [1.54, 1.807) is 31.4 Å². The number of nitrogens with zero attached hydrogens (tertiary/aromatic N) is 1. The van der Waals surface area contributed by atoms with Crippen LogP contribution in [0.1, 0.15) is 12.8 Å². The second kappa shape index (κ2) is 10.1. The average molecular weight is 465 g/mol. The van der Waals surface area contributed by atoms with Gasteiger partial charge in [0.05, 0.1) is 39.0 Å². The van der Waals surface area contributed by atoms with Crippen LogP contribution in [-0.2, 0) is 14.8 Å². The number of carbonyl (C=O) groups excluding carboxylic acids is 1. The Morgan fingerprint density at radius 2 is 1.50 bits per heavy atom. The maximum absolute atomic E-state index is 13.1. The molecule has 1 fully saturated rings. The Labute approximate surface area is 188 Å². The van der Waals surface area contributed by atoms with Gasteiger partial charge in [0.15, 0.2) is 11.5 Å². The number of hydrogen-bond acceptors (Lipinski definition) is 7. The zero-order valence-corrected chi connectivity index (χ0v) is 19.4. The van der Waals surface area contributed by atoms with Crippen LogP contribution in [0.4, 0.5) is 5.69 Å². The zero-order chi connectivity index (χ0) is 23.3. The summed E-state index contributed by atoms with van der Waals surface area (Å²) in [5.74, 6) is 1.41. The molecule has 32 heavy (non-hydrogen) atoms. The van der Waals surface area contributed by atoms with E-state index in [0.717, 1.165) is 0 Å². The number of amides is 1. The number of ether oxygens (including phenoxy) is 4. The van der Waals surface area contributed by atoms with Crippen molar-refractivity contribution in [3.63, 3.8) is 0 Å². The third-order valence-electron chi connectivity index (χ3n) is 5.48. The third-order valence-corrected chi connectivity index (χ3v) is 7.38. The molecule has 1 aliphatic rings. The van der Waals surface area contributed by atoms with Crippen LogP contribution in [-0.4, -0.2) is 60.2 Å². The summed E-state index contributed by atoms with van der Waals surface area (Å²) in [5, 5.41) is 2.88. The topological polar surface area (TPSA) is 103 Å². The first-order chi connectivity index (χ1) is 15.3. The summed E-state index contributed by atoms with van der Waals surface area (Å²) in [4.78, 5) is 12.9. The number of hydrogen-bond donors (Lipinski definition) is 1. The van der Waals surface area contributed by atoms with Crippen LogP contribution in [0.2, 0.25) is 0 Å². The van der Waals surface area contributed by atoms with Crippen molar-refractivity contribution in [2.75, 3.05) is 46.8 Å². The molecule has 0 aromatic heterocycles. The standard InChI is InChI=1S/C22H28N2O7S/c1-28-16-5-7-19(29-2)18(13-16)23-22(25)15-9-11-24(12-10-15)32(26,27)17-6-8-20(30-3)21(14-17)31-4/h5-8,13-15H,9-12H2,1-4H3,(H,23,25). The van der Waals surface area contributed by atoms with E-state index in [2.05, 4.69) is 5.32 Å². The maximum atomic E-state index is 13.1. The van der Waals surface area contributed by atoms with Crippen molar-refractivity contribution in [1.29, 1.82) is 0 Å². The lowest BCUT2D eigenvalue weighted by Crippen LogP contribution is -2.41. The number of anilines is 1. The molecule has 3 rings (SSSR count). The first kappa shape index (κ1) is 23.7. The van der Waals surface area contributed by atoms with Gasteiger partial charge in [-0.2, -0.15) is 4.31 Å². The summed E-state index contributed by atoms with van der Waals surface area (Å²) in [6.07, 6.45) is 0.815. The molecule has 10 heteroatoms. The number of sulfonamides is 1. The minimum atomic E-state index is -3.72. The molecule has 0 radical (unpaired) electrons. The van der Waals surface area contributed by atoms with Gasteiger partial charge < -0.3 is 24.3 Å². The van der Waals surface area contributed by atoms with Gasteiger partial charge in [0.25, 0.3) is 0 Å². The van der Waals surface area contributed by atoms with Crippen molar-refractivity contribution in [3.05, 3.63) is 36.4 Å². The Balaban J connectivity index is 1.68. The minimum absolute atomic E-state index is 0.124. The average Bonchev–Trinajstić information content (AvgIpc) is 2.83. The van der Waals surface area contributed by atoms with Crippen LogP contribution in [0, 0.1) is 5.92 Å². The van der Waals surface area contributed by atoms with Gasteiger partial charge in [0, 0.05) is 31.1 Å². The molecule has 9 nitrogen and oxygen atoms in total. The molecule has 1 amide bonds. The van der Waals surface area contributed by atoms with Gasteiger partial charge in [0.1, 0.15) is 11.5 Å². The fourth-order valence-electron chi connectivity index (χ4n) is 3.63. The number of nitrogens with one attached hydrogen (secondary N) is 1. The van der Waals surface area contributed by atoms with E-state index in [0.29, 0.717) is 41.5 Å². The van der Waals surface area contributed by atoms with E-state index in [-0.39, 0.29) is 29.8 Å². The second-order valence-corrected chi connectivity index (χ2v) is 9.19. The summed E-state index contributed by atoms with van der Waals surface area (Å²) in [5.41, 5.74) is 0.511. The van der Waals surface area contributed by atoms with Crippen LogP contribution in [0.3, 0.4) is 0 Å². The van der Waals surface area contributed by atoms with E-state index in [1.807, 2.05) is 0 Å². The summed E-state index contributed by atoms with van der Waals surface area (Å²) in [6, 6.07) is 9.64. The van der Waals surface area contributed by atoms with Crippen LogP contribution in [0.5, 0.6) is 23.0 Å². The summed E-state index contributed by atoms with van der Waals surface area (Å²) in [6.45, 7) is 0.480. The van der Waals surface area contributed by atoms with Gasteiger partial charge in [-0.25, -0.2) is 8.42 Å². The Hall–Kier alpha value is -2.98. The molecule has 2 aromatic carbocycles. The molecular weight excluding hydrogens is 436 g/mol. The number of rotatable bonds is 8. The lowest BCUT2D eigenvalue weighted by Gasteiger charge is -2.30.